The molecule has 0 spiro atoms. The summed E-state index contributed by atoms with van der Waals surface area (Å²) in [6.45, 7) is 1.91. The molecule has 0 saturated heterocycles. The number of amides is 2. The summed E-state index contributed by atoms with van der Waals surface area (Å²) in [6.07, 6.45) is 1.59. The molecule has 0 bridgehead atoms. The molecular formula is C19H20N2O4. The van der Waals surface area contributed by atoms with Gasteiger partial charge in [-0.2, -0.15) is 0 Å². The van der Waals surface area contributed by atoms with Gasteiger partial charge in [0.2, 0.25) is 0 Å². The molecule has 2 aromatic rings. The topological polar surface area (TPSA) is 87.7 Å². The zero-order chi connectivity index (χ0) is 17.8. The number of fused-ring (bicyclic) bond motifs is 1. The number of benzene rings is 2. The first kappa shape index (κ1) is 16.8. The molecule has 6 nitrogen and oxygen atoms in total. The van der Waals surface area contributed by atoms with E-state index in [9.17, 15) is 14.7 Å². The first-order chi connectivity index (χ1) is 12.0. The number of carbonyl (C=O) groups is 2. The summed E-state index contributed by atoms with van der Waals surface area (Å²) >= 11 is 0. The van der Waals surface area contributed by atoms with Crippen LogP contribution in [0.15, 0.2) is 42.5 Å². The Kier molecular flexibility index (Phi) is 4.88. The molecule has 0 aromatic heterocycles. The Morgan fingerprint density at radius 2 is 2.04 bits per heavy atom. The molecule has 3 N–H and O–H groups in total. The first-order valence-electron chi connectivity index (χ1n) is 8.17. The number of carbonyl (C=O) groups excluding carboxylic acids is 2. The van der Waals surface area contributed by atoms with E-state index in [1.54, 1.807) is 30.3 Å². The Labute approximate surface area is 145 Å². The SMILES string of the molecule is CC(CCc1ccc(O)cc1)NC(=O)c1ccc2c(c1)OCC(=O)N2. The van der Waals surface area contributed by atoms with Gasteiger partial charge in [0.05, 0.1) is 5.69 Å². The zero-order valence-electron chi connectivity index (χ0n) is 13.9. The highest BCUT2D eigenvalue weighted by Crippen LogP contribution is 2.28. The number of rotatable bonds is 5. The van der Waals surface area contributed by atoms with Crippen LogP contribution in [0.2, 0.25) is 0 Å². The number of hydrogen-bond donors (Lipinski definition) is 3. The van der Waals surface area contributed by atoms with E-state index in [4.69, 9.17) is 4.74 Å². The van der Waals surface area contributed by atoms with Crippen LogP contribution in [0.1, 0.15) is 29.3 Å². The molecule has 2 aromatic carbocycles. The van der Waals surface area contributed by atoms with Crippen LogP contribution in [-0.2, 0) is 11.2 Å². The summed E-state index contributed by atoms with van der Waals surface area (Å²) in [5.74, 6) is 0.369. The second kappa shape index (κ2) is 7.25. The van der Waals surface area contributed by atoms with Crippen LogP contribution < -0.4 is 15.4 Å². The van der Waals surface area contributed by atoms with Gasteiger partial charge in [-0.05, 0) is 55.7 Å². The molecule has 0 saturated carbocycles. The molecule has 25 heavy (non-hydrogen) atoms. The maximum Gasteiger partial charge on any atom is 0.262 e. The number of aryl methyl sites for hydroxylation is 1. The van der Waals surface area contributed by atoms with Crippen molar-refractivity contribution in [1.29, 1.82) is 0 Å². The largest absolute Gasteiger partial charge is 0.508 e. The third-order valence-corrected chi connectivity index (χ3v) is 4.06. The standard InChI is InChI=1S/C19H20N2O4/c1-12(2-3-13-4-7-15(22)8-5-13)20-19(24)14-6-9-16-17(10-14)25-11-18(23)21-16/h4-10,12,22H,2-3,11H2,1H3,(H,20,24)(H,21,23). The molecule has 130 valence electrons. The second-order valence-electron chi connectivity index (χ2n) is 6.13. The Balaban J connectivity index is 1.56. The van der Waals surface area contributed by atoms with Gasteiger partial charge in [0.25, 0.3) is 11.8 Å². The summed E-state index contributed by atoms with van der Waals surface area (Å²) in [5.41, 5.74) is 2.18. The highest BCUT2D eigenvalue weighted by Gasteiger charge is 2.18. The second-order valence-corrected chi connectivity index (χ2v) is 6.13. The van der Waals surface area contributed by atoms with E-state index in [2.05, 4.69) is 10.6 Å². The summed E-state index contributed by atoms with van der Waals surface area (Å²) in [6, 6.07) is 12.0. The fourth-order valence-electron chi connectivity index (χ4n) is 2.64. The fourth-order valence-corrected chi connectivity index (χ4v) is 2.64. The van der Waals surface area contributed by atoms with E-state index in [0.717, 1.165) is 18.4 Å². The maximum atomic E-state index is 12.4. The molecule has 1 unspecified atom stereocenters. The summed E-state index contributed by atoms with van der Waals surface area (Å²) < 4.78 is 5.33. The van der Waals surface area contributed by atoms with Crippen molar-refractivity contribution in [2.75, 3.05) is 11.9 Å². The smallest absolute Gasteiger partial charge is 0.262 e. The average Bonchev–Trinajstić information content (AvgIpc) is 2.60. The number of phenols is 1. The molecule has 0 aliphatic carbocycles. The van der Waals surface area contributed by atoms with Gasteiger partial charge >= 0.3 is 0 Å². The van der Waals surface area contributed by atoms with E-state index >= 15 is 0 Å². The van der Waals surface area contributed by atoms with E-state index < -0.39 is 0 Å². The first-order valence-corrected chi connectivity index (χ1v) is 8.17. The molecule has 0 radical (unpaired) electrons. The molecule has 6 heteroatoms. The summed E-state index contributed by atoms with van der Waals surface area (Å²) in [5, 5.41) is 14.9. The highest BCUT2D eigenvalue weighted by atomic mass is 16.5. The summed E-state index contributed by atoms with van der Waals surface area (Å²) in [4.78, 5) is 23.6. The van der Waals surface area contributed by atoms with Crippen LogP contribution >= 0.6 is 0 Å². The Morgan fingerprint density at radius 3 is 2.80 bits per heavy atom. The third-order valence-electron chi connectivity index (χ3n) is 4.06. The van der Waals surface area contributed by atoms with Crippen molar-refractivity contribution in [1.82, 2.24) is 5.32 Å². The lowest BCUT2D eigenvalue weighted by molar-refractivity contribution is -0.118. The molecule has 1 atom stereocenters. The van der Waals surface area contributed by atoms with Crippen molar-refractivity contribution in [3.8, 4) is 11.5 Å². The lowest BCUT2D eigenvalue weighted by Gasteiger charge is -2.19. The molecule has 1 aliphatic heterocycles. The van der Waals surface area contributed by atoms with Crippen molar-refractivity contribution in [3.05, 3.63) is 53.6 Å². The van der Waals surface area contributed by atoms with E-state index in [-0.39, 0.29) is 30.2 Å². The third kappa shape index (κ3) is 4.29. The van der Waals surface area contributed by atoms with Gasteiger partial charge in [-0.15, -0.1) is 0 Å². The molecule has 3 rings (SSSR count). The lowest BCUT2D eigenvalue weighted by atomic mass is 10.1. The predicted octanol–water partition coefficient (Wildman–Crippen LogP) is 2.47. The van der Waals surface area contributed by atoms with Gasteiger partial charge in [0.15, 0.2) is 6.61 Å². The van der Waals surface area contributed by atoms with Crippen LogP contribution in [0.3, 0.4) is 0 Å². The normalized spacial score (nSPS) is 14.0. The molecular weight excluding hydrogens is 320 g/mol. The molecule has 0 fully saturated rings. The van der Waals surface area contributed by atoms with E-state index in [1.807, 2.05) is 19.1 Å². The van der Waals surface area contributed by atoms with Gasteiger partial charge in [-0.1, -0.05) is 12.1 Å². The number of phenolic OH excluding ortho intramolecular Hbond substituents is 1. The average molecular weight is 340 g/mol. The van der Waals surface area contributed by atoms with Crippen molar-refractivity contribution in [3.63, 3.8) is 0 Å². The van der Waals surface area contributed by atoms with Crippen LogP contribution in [0.4, 0.5) is 5.69 Å². The fraction of sp³-hybridized carbons (Fsp3) is 0.263. The zero-order valence-corrected chi connectivity index (χ0v) is 13.9. The lowest BCUT2D eigenvalue weighted by Crippen LogP contribution is -2.33. The highest BCUT2D eigenvalue weighted by molar-refractivity contribution is 5.99. The Morgan fingerprint density at radius 1 is 1.28 bits per heavy atom. The van der Waals surface area contributed by atoms with Crippen LogP contribution in [0.5, 0.6) is 11.5 Å². The molecule has 1 heterocycles. The minimum atomic E-state index is -0.201. The molecule has 2 amide bonds. The maximum absolute atomic E-state index is 12.4. The van der Waals surface area contributed by atoms with E-state index in [0.29, 0.717) is 17.0 Å². The van der Waals surface area contributed by atoms with Crippen molar-refractivity contribution < 1.29 is 19.4 Å². The quantitative estimate of drug-likeness (QED) is 0.780. The Bertz CT molecular complexity index is 787. The number of hydrogen-bond acceptors (Lipinski definition) is 4. The molecule has 1 aliphatic rings. The van der Waals surface area contributed by atoms with E-state index in [1.165, 1.54) is 0 Å². The minimum Gasteiger partial charge on any atom is -0.508 e. The summed E-state index contributed by atoms with van der Waals surface area (Å²) in [7, 11) is 0. The predicted molar refractivity (Wildman–Crippen MR) is 93.9 cm³/mol. The van der Waals surface area contributed by atoms with Gasteiger partial charge in [-0.3, -0.25) is 9.59 Å². The van der Waals surface area contributed by atoms with Gasteiger partial charge in [0, 0.05) is 11.6 Å². The van der Waals surface area contributed by atoms with Gasteiger partial charge in [0.1, 0.15) is 11.5 Å². The Hall–Kier alpha value is -3.02. The van der Waals surface area contributed by atoms with Crippen molar-refractivity contribution >= 4 is 17.5 Å². The monoisotopic (exact) mass is 340 g/mol. The van der Waals surface area contributed by atoms with Crippen molar-refractivity contribution in [2.24, 2.45) is 0 Å². The number of aromatic hydroxyl groups is 1. The van der Waals surface area contributed by atoms with Crippen molar-refractivity contribution in [2.45, 2.75) is 25.8 Å². The van der Waals surface area contributed by atoms with Crippen LogP contribution in [0.25, 0.3) is 0 Å². The van der Waals surface area contributed by atoms with Crippen LogP contribution in [0, 0.1) is 0 Å². The van der Waals surface area contributed by atoms with Crippen LogP contribution in [-0.4, -0.2) is 29.6 Å². The van der Waals surface area contributed by atoms with Gasteiger partial charge in [-0.25, -0.2) is 0 Å². The number of anilines is 1. The number of nitrogens with one attached hydrogen (secondary N) is 2. The van der Waals surface area contributed by atoms with Gasteiger partial charge < -0.3 is 20.5 Å². The number of ether oxygens (including phenoxy) is 1. The minimum absolute atomic E-state index is 0.00189.